The maximum atomic E-state index is 6.00. The summed E-state index contributed by atoms with van der Waals surface area (Å²) >= 11 is 1.90. The fourth-order valence-electron chi connectivity index (χ4n) is 2.73. The molecule has 2 heterocycles. The number of thiophene rings is 1. The molecule has 0 bridgehead atoms. The van der Waals surface area contributed by atoms with Gasteiger partial charge in [-0.3, -0.25) is 0 Å². The first-order valence-electron chi connectivity index (χ1n) is 7.14. The number of ether oxygens (including phenoxy) is 1. The van der Waals surface area contributed by atoms with Crippen molar-refractivity contribution in [1.82, 2.24) is 5.32 Å². The average Bonchev–Trinajstić information content (AvgIpc) is 2.70. The van der Waals surface area contributed by atoms with Crippen LogP contribution in [0.15, 0.2) is 6.07 Å². The lowest BCUT2D eigenvalue weighted by molar-refractivity contribution is -0.00818. The molecule has 0 amide bonds. The second-order valence-electron chi connectivity index (χ2n) is 5.21. The molecule has 0 spiro atoms. The molecule has 1 aliphatic heterocycles. The lowest BCUT2D eigenvalue weighted by Gasteiger charge is -2.31. The van der Waals surface area contributed by atoms with Gasteiger partial charge in [0.05, 0.1) is 12.1 Å². The van der Waals surface area contributed by atoms with Gasteiger partial charge in [0.1, 0.15) is 0 Å². The van der Waals surface area contributed by atoms with Gasteiger partial charge in [0.25, 0.3) is 0 Å². The predicted octanol–water partition coefficient (Wildman–Crippen LogP) is 3.97. The van der Waals surface area contributed by atoms with Crippen molar-refractivity contribution in [3.63, 3.8) is 0 Å². The molecule has 1 saturated heterocycles. The van der Waals surface area contributed by atoms with Crippen molar-refractivity contribution >= 4 is 11.3 Å². The Morgan fingerprint density at radius 1 is 1.44 bits per heavy atom. The highest BCUT2D eigenvalue weighted by Gasteiger charge is 2.27. The minimum absolute atomic E-state index is 0.359. The van der Waals surface area contributed by atoms with Crippen LogP contribution in [0.3, 0.4) is 0 Å². The van der Waals surface area contributed by atoms with E-state index in [0.717, 1.165) is 13.2 Å². The maximum absolute atomic E-state index is 6.00. The number of hydrogen-bond acceptors (Lipinski definition) is 3. The molecule has 1 aromatic rings. The molecule has 3 heteroatoms. The van der Waals surface area contributed by atoms with E-state index in [4.69, 9.17) is 4.74 Å². The van der Waals surface area contributed by atoms with Crippen LogP contribution in [0.2, 0.25) is 0 Å². The molecule has 0 saturated carbocycles. The maximum Gasteiger partial charge on any atom is 0.0770 e. The van der Waals surface area contributed by atoms with Gasteiger partial charge in [0.15, 0.2) is 0 Å². The van der Waals surface area contributed by atoms with E-state index in [1.54, 1.807) is 0 Å². The van der Waals surface area contributed by atoms with Gasteiger partial charge in [-0.1, -0.05) is 6.92 Å². The SMILES string of the molecule is CCCNC(c1cc(C)sc1C)C1CCCCO1. The molecule has 0 aliphatic carbocycles. The Bertz CT molecular complexity index is 369. The highest BCUT2D eigenvalue weighted by Crippen LogP contribution is 2.32. The normalized spacial score (nSPS) is 22.1. The summed E-state index contributed by atoms with van der Waals surface area (Å²) in [6.07, 6.45) is 5.25. The first-order chi connectivity index (χ1) is 8.72. The van der Waals surface area contributed by atoms with E-state index in [2.05, 4.69) is 32.2 Å². The zero-order valence-electron chi connectivity index (χ0n) is 11.8. The molecule has 2 unspecified atom stereocenters. The Labute approximate surface area is 115 Å². The molecule has 1 N–H and O–H groups in total. The number of rotatable bonds is 5. The largest absolute Gasteiger partial charge is 0.376 e. The molecule has 1 aliphatic rings. The summed E-state index contributed by atoms with van der Waals surface area (Å²) in [4.78, 5) is 2.84. The van der Waals surface area contributed by atoms with Crippen molar-refractivity contribution in [3.05, 3.63) is 21.4 Å². The Kier molecular flexibility index (Phi) is 5.22. The van der Waals surface area contributed by atoms with Crippen LogP contribution in [0.4, 0.5) is 0 Å². The van der Waals surface area contributed by atoms with Crippen molar-refractivity contribution in [2.24, 2.45) is 0 Å². The van der Waals surface area contributed by atoms with Crippen molar-refractivity contribution < 1.29 is 4.74 Å². The minimum Gasteiger partial charge on any atom is -0.376 e. The van der Waals surface area contributed by atoms with Crippen LogP contribution in [0.25, 0.3) is 0 Å². The standard InChI is InChI=1S/C15H25NOS/c1-4-8-16-15(14-7-5-6-9-17-14)13-10-11(2)18-12(13)3/h10,14-16H,4-9H2,1-3H3. The summed E-state index contributed by atoms with van der Waals surface area (Å²) < 4.78 is 6.00. The fourth-order valence-corrected chi connectivity index (χ4v) is 3.70. The van der Waals surface area contributed by atoms with Gasteiger partial charge in [-0.2, -0.15) is 0 Å². The monoisotopic (exact) mass is 267 g/mol. The molecule has 1 fully saturated rings. The van der Waals surface area contributed by atoms with Gasteiger partial charge in [-0.15, -0.1) is 11.3 Å². The molecule has 2 rings (SSSR count). The van der Waals surface area contributed by atoms with E-state index < -0.39 is 0 Å². The Morgan fingerprint density at radius 2 is 2.28 bits per heavy atom. The van der Waals surface area contributed by atoms with Gasteiger partial charge in [0, 0.05) is 16.4 Å². The van der Waals surface area contributed by atoms with Crippen LogP contribution in [0.5, 0.6) is 0 Å². The highest BCUT2D eigenvalue weighted by molar-refractivity contribution is 7.12. The summed E-state index contributed by atoms with van der Waals surface area (Å²) in [7, 11) is 0. The van der Waals surface area contributed by atoms with Crippen LogP contribution < -0.4 is 5.32 Å². The summed E-state index contributed by atoms with van der Waals surface area (Å²) in [6, 6.07) is 2.72. The van der Waals surface area contributed by atoms with Gasteiger partial charge >= 0.3 is 0 Å². The summed E-state index contributed by atoms with van der Waals surface area (Å²) in [5.41, 5.74) is 1.46. The molecular formula is C15H25NOS. The molecule has 0 radical (unpaired) electrons. The van der Waals surface area contributed by atoms with E-state index in [0.29, 0.717) is 12.1 Å². The summed E-state index contributed by atoms with van der Waals surface area (Å²) in [5, 5.41) is 3.69. The lowest BCUT2D eigenvalue weighted by atomic mass is 9.96. The highest BCUT2D eigenvalue weighted by atomic mass is 32.1. The van der Waals surface area contributed by atoms with Crippen molar-refractivity contribution in [3.8, 4) is 0 Å². The molecule has 102 valence electrons. The Hall–Kier alpha value is -0.380. The second-order valence-corrected chi connectivity index (χ2v) is 6.67. The van der Waals surface area contributed by atoms with Crippen LogP contribution in [0.1, 0.15) is 54.0 Å². The summed E-state index contributed by atoms with van der Waals surface area (Å²) in [6.45, 7) is 8.64. The first-order valence-corrected chi connectivity index (χ1v) is 7.96. The molecule has 1 aromatic heterocycles. The lowest BCUT2D eigenvalue weighted by Crippen LogP contribution is -2.36. The zero-order valence-corrected chi connectivity index (χ0v) is 12.6. The van der Waals surface area contributed by atoms with Crippen molar-refractivity contribution in [2.45, 2.75) is 58.6 Å². The number of hydrogen-bond donors (Lipinski definition) is 1. The Morgan fingerprint density at radius 3 is 2.83 bits per heavy atom. The van der Waals surface area contributed by atoms with E-state index in [1.807, 2.05) is 11.3 Å². The fraction of sp³-hybridized carbons (Fsp3) is 0.733. The minimum atomic E-state index is 0.359. The van der Waals surface area contributed by atoms with Gasteiger partial charge in [-0.25, -0.2) is 0 Å². The third kappa shape index (κ3) is 3.34. The quantitative estimate of drug-likeness (QED) is 0.871. The van der Waals surface area contributed by atoms with Gasteiger partial charge < -0.3 is 10.1 Å². The zero-order chi connectivity index (χ0) is 13.0. The molecule has 0 aromatic carbocycles. The van der Waals surface area contributed by atoms with Crippen LogP contribution in [-0.2, 0) is 4.74 Å². The predicted molar refractivity (Wildman–Crippen MR) is 78.4 cm³/mol. The van der Waals surface area contributed by atoms with Crippen LogP contribution >= 0.6 is 11.3 Å². The van der Waals surface area contributed by atoms with Crippen LogP contribution in [0, 0.1) is 13.8 Å². The van der Waals surface area contributed by atoms with E-state index >= 15 is 0 Å². The van der Waals surface area contributed by atoms with Gasteiger partial charge in [-0.05, 0) is 57.7 Å². The molecule has 2 nitrogen and oxygen atoms in total. The Balaban J connectivity index is 2.15. The second kappa shape index (κ2) is 6.69. The topological polar surface area (TPSA) is 21.3 Å². The first kappa shape index (κ1) is 14.0. The third-order valence-electron chi connectivity index (χ3n) is 3.62. The van der Waals surface area contributed by atoms with E-state index in [1.165, 1.54) is 41.0 Å². The van der Waals surface area contributed by atoms with E-state index in [9.17, 15) is 0 Å². The van der Waals surface area contributed by atoms with Crippen molar-refractivity contribution in [2.75, 3.05) is 13.2 Å². The van der Waals surface area contributed by atoms with Gasteiger partial charge in [0.2, 0.25) is 0 Å². The summed E-state index contributed by atoms with van der Waals surface area (Å²) in [5.74, 6) is 0. The number of nitrogens with one attached hydrogen (secondary N) is 1. The smallest absolute Gasteiger partial charge is 0.0770 e. The van der Waals surface area contributed by atoms with Crippen LogP contribution in [-0.4, -0.2) is 19.3 Å². The number of aryl methyl sites for hydroxylation is 2. The average molecular weight is 267 g/mol. The molecule has 18 heavy (non-hydrogen) atoms. The molecular weight excluding hydrogens is 242 g/mol. The van der Waals surface area contributed by atoms with Crippen molar-refractivity contribution in [1.29, 1.82) is 0 Å². The van der Waals surface area contributed by atoms with E-state index in [-0.39, 0.29) is 0 Å². The molecule has 2 atom stereocenters. The third-order valence-corrected chi connectivity index (χ3v) is 4.60.